The molecule has 1 aromatic carbocycles. The van der Waals surface area contributed by atoms with Crippen molar-refractivity contribution in [1.29, 1.82) is 0 Å². The Hall–Kier alpha value is -3.09. The lowest BCUT2D eigenvalue weighted by molar-refractivity contribution is 0.0478. The summed E-state index contributed by atoms with van der Waals surface area (Å²) in [5, 5.41) is 2.82. The van der Waals surface area contributed by atoms with Crippen LogP contribution in [0, 0.1) is 13.8 Å². The lowest BCUT2D eigenvalue weighted by atomic mass is 9.89. The number of hydrogen-bond acceptors (Lipinski definition) is 4. The SMILES string of the molecule is Cc1cc(C)c(CNC(=O)N2CC[C@@]3(CC(=O)c4ccccc4O3)C2)c(=O)[nH]1. The molecule has 7 nitrogen and oxygen atoms in total. The number of carbonyl (C=O) groups excluding carboxylic acids is 2. The first-order valence-electron chi connectivity index (χ1n) is 9.40. The van der Waals surface area contributed by atoms with Crippen molar-refractivity contribution in [2.24, 2.45) is 0 Å². The number of aryl methyl sites for hydroxylation is 2. The predicted molar refractivity (Wildman–Crippen MR) is 104 cm³/mol. The number of carbonyl (C=O) groups is 2. The number of urea groups is 1. The molecule has 2 N–H and O–H groups in total. The lowest BCUT2D eigenvalue weighted by Crippen LogP contribution is -2.47. The van der Waals surface area contributed by atoms with Crippen molar-refractivity contribution in [3.8, 4) is 5.75 Å². The van der Waals surface area contributed by atoms with E-state index >= 15 is 0 Å². The summed E-state index contributed by atoms with van der Waals surface area (Å²) in [4.78, 5) is 41.6. The Balaban J connectivity index is 1.43. The Labute approximate surface area is 162 Å². The maximum Gasteiger partial charge on any atom is 0.317 e. The highest BCUT2D eigenvalue weighted by Crippen LogP contribution is 2.38. The zero-order valence-corrected chi connectivity index (χ0v) is 16.0. The first kappa shape index (κ1) is 18.3. The highest BCUT2D eigenvalue weighted by molar-refractivity contribution is 6.00. The van der Waals surface area contributed by atoms with Gasteiger partial charge >= 0.3 is 6.03 Å². The Morgan fingerprint density at radius 2 is 2.07 bits per heavy atom. The van der Waals surface area contributed by atoms with Gasteiger partial charge in [-0.15, -0.1) is 0 Å². The quantitative estimate of drug-likeness (QED) is 0.835. The maximum absolute atomic E-state index is 12.6. The van der Waals surface area contributed by atoms with Gasteiger partial charge in [0.2, 0.25) is 0 Å². The van der Waals surface area contributed by atoms with Crippen molar-refractivity contribution < 1.29 is 14.3 Å². The maximum atomic E-state index is 12.6. The summed E-state index contributed by atoms with van der Waals surface area (Å²) in [6, 6.07) is 8.85. The number of amides is 2. The highest BCUT2D eigenvalue weighted by Gasteiger charge is 2.46. The number of pyridine rings is 1. The standard InChI is InChI=1S/C21H23N3O4/c1-13-9-14(2)23-19(26)16(13)11-22-20(27)24-8-7-21(12-24)10-17(25)15-5-3-4-6-18(15)28-21/h3-6,9H,7-8,10-12H2,1-2H3,(H,22,27)(H,23,26)/t21-/m1/s1. The number of ketones is 1. The summed E-state index contributed by atoms with van der Waals surface area (Å²) in [6.07, 6.45) is 0.870. The summed E-state index contributed by atoms with van der Waals surface area (Å²) in [7, 11) is 0. The van der Waals surface area contributed by atoms with Gasteiger partial charge in [-0.2, -0.15) is 0 Å². The summed E-state index contributed by atoms with van der Waals surface area (Å²) in [5.41, 5.74) is 1.93. The molecule has 2 aliphatic heterocycles. The molecular weight excluding hydrogens is 358 g/mol. The Kier molecular flexibility index (Phi) is 4.45. The van der Waals surface area contributed by atoms with Crippen molar-refractivity contribution in [1.82, 2.24) is 15.2 Å². The first-order chi connectivity index (χ1) is 13.4. The number of fused-ring (bicyclic) bond motifs is 1. The molecule has 1 saturated heterocycles. The van der Waals surface area contributed by atoms with Crippen molar-refractivity contribution in [2.75, 3.05) is 13.1 Å². The third-order valence-electron chi connectivity index (χ3n) is 5.51. The number of ether oxygens (including phenoxy) is 1. The van der Waals surface area contributed by atoms with Gasteiger partial charge in [0.1, 0.15) is 11.4 Å². The topological polar surface area (TPSA) is 91.5 Å². The second-order valence-electron chi connectivity index (χ2n) is 7.65. The van der Waals surface area contributed by atoms with E-state index in [1.54, 1.807) is 17.0 Å². The zero-order chi connectivity index (χ0) is 19.9. The van der Waals surface area contributed by atoms with E-state index in [1.807, 2.05) is 32.0 Å². The Bertz CT molecular complexity index is 1010. The van der Waals surface area contributed by atoms with Crippen LogP contribution in [0.25, 0.3) is 0 Å². The van der Waals surface area contributed by atoms with Gasteiger partial charge in [0.05, 0.1) is 25.1 Å². The number of para-hydroxylation sites is 1. The van der Waals surface area contributed by atoms with E-state index in [0.717, 1.165) is 11.3 Å². The molecule has 1 spiro atoms. The van der Waals surface area contributed by atoms with E-state index in [4.69, 9.17) is 4.74 Å². The molecule has 2 aromatic rings. The average Bonchev–Trinajstić information content (AvgIpc) is 3.03. The Morgan fingerprint density at radius 1 is 1.29 bits per heavy atom. The number of likely N-dealkylation sites (tertiary alicyclic amines) is 1. The van der Waals surface area contributed by atoms with Gasteiger partial charge in [0.15, 0.2) is 5.78 Å². The molecule has 2 aliphatic rings. The summed E-state index contributed by atoms with van der Waals surface area (Å²) in [6.45, 7) is 4.69. The van der Waals surface area contributed by atoms with Crippen molar-refractivity contribution >= 4 is 11.8 Å². The van der Waals surface area contributed by atoms with E-state index in [0.29, 0.717) is 36.4 Å². The van der Waals surface area contributed by atoms with E-state index in [-0.39, 0.29) is 30.3 Å². The molecule has 0 unspecified atom stereocenters. The van der Waals surface area contributed by atoms with Crippen LogP contribution in [-0.4, -0.2) is 40.4 Å². The number of hydrogen-bond donors (Lipinski definition) is 2. The molecule has 28 heavy (non-hydrogen) atoms. The van der Waals surface area contributed by atoms with Crippen LogP contribution >= 0.6 is 0 Å². The van der Waals surface area contributed by atoms with Crippen molar-refractivity contribution in [3.63, 3.8) is 0 Å². The monoisotopic (exact) mass is 381 g/mol. The third-order valence-corrected chi connectivity index (χ3v) is 5.51. The molecular formula is C21H23N3O4. The molecule has 1 fully saturated rings. The van der Waals surface area contributed by atoms with Crippen LogP contribution in [-0.2, 0) is 6.54 Å². The van der Waals surface area contributed by atoms with Gasteiger partial charge in [-0.3, -0.25) is 9.59 Å². The number of Topliss-reactive ketones (excluding diaryl/α,β-unsaturated/α-hetero) is 1. The fourth-order valence-corrected chi connectivity index (χ4v) is 4.07. The molecule has 0 saturated carbocycles. The van der Waals surface area contributed by atoms with Crippen molar-refractivity contribution in [2.45, 2.75) is 38.8 Å². The van der Waals surface area contributed by atoms with E-state index < -0.39 is 5.60 Å². The van der Waals surface area contributed by atoms with Crippen LogP contribution in [0.15, 0.2) is 35.1 Å². The van der Waals surface area contributed by atoms with E-state index in [9.17, 15) is 14.4 Å². The molecule has 4 rings (SSSR count). The second kappa shape index (κ2) is 6.82. The number of nitrogens with one attached hydrogen (secondary N) is 2. The lowest BCUT2D eigenvalue weighted by Gasteiger charge is -2.34. The minimum Gasteiger partial charge on any atom is -0.484 e. The van der Waals surface area contributed by atoms with Crippen LogP contribution in [0.2, 0.25) is 0 Å². The minimum absolute atomic E-state index is 0.0472. The molecule has 1 atom stereocenters. The summed E-state index contributed by atoms with van der Waals surface area (Å²) >= 11 is 0. The molecule has 0 radical (unpaired) electrons. The highest BCUT2D eigenvalue weighted by atomic mass is 16.5. The summed E-state index contributed by atoms with van der Waals surface area (Å²) < 4.78 is 6.15. The van der Waals surface area contributed by atoms with E-state index in [1.165, 1.54) is 0 Å². The van der Waals surface area contributed by atoms with Crippen LogP contribution in [0.5, 0.6) is 5.75 Å². The van der Waals surface area contributed by atoms with Gasteiger partial charge < -0.3 is 19.9 Å². The smallest absolute Gasteiger partial charge is 0.317 e. The van der Waals surface area contributed by atoms with Crippen molar-refractivity contribution in [3.05, 3.63) is 63.1 Å². The number of benzene rings is 1. The van der Waals surface area contributed by atoms with E-state index in [2.05, 4.69) is 10.3 Å². The number of H-pyrrole nitrogens is 1. The predicted octanol–water partition coefficient (Wildman–Crippen LogP) is 2.31. The number of rotatable bonds is 2. The van der Waals surface area contributed by atoms with Gasteiger partial charge in [0, 0.05) is 24.2 Å². The zero-order valence-electron chi connectivity index (χ0n) is 16.0. The largest absolute Gasteiger partial charge is 0.484 e. The van der Waals surface area contributed by atoms with Gasteiger partial charge in [-0.1, -0.05) is 12.1 Å². The average molecular weight is 381 g/mol. The Morgan fingerprint density at radius 3 is 2.86 bits per heavy atom. The molecule has 0 aliphatic carbocycles. The van der Waals surface area contributed by atoms with Gasteiger partial charge in [0.25, 0.3) is 5.56 Å². The molecule has 2 amide bonds. The number of nitrogens with zero attached hydrogens (tertiary/aromatic N) is 1. The second-order valence-corrected chi connectivity index (χ2v) is 7.65. The van der Waals surface area contributed by atoms with Crippen LogP contribution in [0.1, 0.15) is 40.0 Å². The van der Waals surface area contributed by atoms with Crippen LogP contribution < -0.4 is 15.6 Å². The molecule has 7 heteroatoms. The molecule has 0 bridgehead atoms. The minimum atomic E-state index is -0.667. The van der Waals surface area contributed by atoms with Crippen LogP contribution in [0.3, 0.4) is 0 Å². The summed E-state index contributed by atoms with van der Waals surface area (Å²) in [5.74, 6) is 0.633. The van der Waals surface area contributed by atoms with Crippen LogP contribution in [0.4, 0.5) is 4.79 Å². The fourth-order valence-electron chi connectivity index (χ4n) is 4.07. The molecule has 146 valence electrons. The van der Waals surface area contributed by atoms with Gasteiger partial charge in [-0.25, -0.2) is 4.79 Å². The molecule has 1 aromatic heterocycles. The van der Waals surface area contributed by atoms with Gasteiger partial charge in [-0.05, 0) is 37.6 Å². The third kappa shape index (κ3) is 3.28. The first-order valence-corrected chi connectivity index (χ1v) is 9.40. The number of aromatic amines is 1. The number of aromatic nitrogens is 1. The fraction of sp³-hybridized carbons (Fsp3) is 0.381. The molecule has 3 heterocycles. The normalized spacial score (nSPS) is 20.8.